The third-order valence-corrected chi connectivity index (χ3v) is 3.33. The van der Waals surface area contributed by atoms with Crippen molar-refractivity contribution in [3.05, 3.63) is 59.9 Å². The van der Waals surface area contributed by atoms with Gasteiger partial charge < -0.3 is 9.64 Å². The van der Waals surface area contributed by atoms with Crippen LogP contribution in [0.15, 0.2) is 48.5 Å². The van der Waals surface area contributed by atoms with Crippen LogP contribution in [0.3, 0.4) is 0 Å². The van der Waals surface area contributed by atoms with Crippen molar-refractivity contribution in [2.45, 2.75) is 19.6 Å². The zero-order chi connectivity index (χ0) is 14.1. The monoisotopic (exact) mass is 271 g/mol. The van der Waals surface area contributed by atoms with Crippen molar-refractivity contribution in [1.82, 2.24) is 0 Å². The van der Waals surface area contributed by atoms with E-state index in [2.05, 4.69) is 0 Å². The fourth-order valence-electron chi connectivity index (χ4n) is 2.29. The maximum Gasteiger partial charge on any atom is 0.268 e. The minimum Gasteiger partial charge on any atom is -0.479 e. The number of benzene rings is 2. The molecule has 0 unspecified atom stereocenters. The number of anilines is 1. The average molecular weight is 271 g/mol. The van der Waals surface area contributed by atoms with E-state index in [1.165, 1.54) is 12.1 Å². The Hall–Kier alpha value is -2.36. The van der Waals surface area contributed by atoms with Gasteiger partial charge >= 0.3 is 0 Å². The maximum atomic E-state index is 12.9. The van der Waals surface area contributed by atoms with Crippen molar-refractivity contribution < 1.29 is 13.9 Å². The largest absolute Gasteiger partial charge is 0.479 e. The van der Waals surface area contributed by atoms with Gasteiger partial charge in [-0.1, -0.05) is 24.3 Å². The molecule has 0 saturated carbocycles. The van der Waals surface area contributed by atoms with Crippen molar-refractivity contribution in [1.29, 1.82) is 0 Å². The summed E-state index contributed by atoms with van der Waals surface area (Å²) in [6.07, 6.45) is -0.509. The van der Waals surface area contributed by atoms with Gasteiger partial charge in [0, 0.05) is 0 Å². The predicted octanol–water partition coefficient (Wildman–Crippen LogP) is 3.14. The predicted molar refractivity (Wildman–Crippen MR) is 74.1 cm³/mol. The van der Waals surface area contributed by atoms with Gasteiger partial charge in [0.25, 0.3) is 5.91 Å². The Labute approximate surface area is 116 Å². The van der Waals surface area contributed by atoms with Crippen LogP contribution in [0, 0.1) is 5.82 Å². The lowest BCUT2D eigenvalue weighted by Gasteiger charge is -2.33. The molecule has 3 rings (SSSR count). The Balaban J connectivity index is 1.95. The molecule has 1 amide bonds. The highest BCUT2D eigenvalue weighted by molar-refractivity contribution is 5.99. The molecule has 0 bridgehead atoms. The minimum atomic E-state index is -0.509. The van der Waals surface area contributed by atoms with Gasteiger partial charge in [-0.3, -0.25) is 4.79 Å². The second-order valence-electron chi connectivity index (χ2n) is 4.78. The van der Waals surface area contributed by atoms with E-state index in [0.29, 0.717) is 12.3 Å². The van der Waals surface area contributed by atoms with E-state index in [9.17, 15) is 9.18 Å². The number of nitrogens with zero attached hydrogens (tertiary/aromatic N) is 1. The summed E-state index contributed by atoms with van der Waals surface area (Å²) >= 11 is 0. The SMILES string of the molecule is C[C@H]1Oc2ccccc2N(Cc2ccc(F)cc2)C1=O. The van der Waals surface area contributed by atoms with Gasteiger partial charge in [0.15, 0.2) is 6.10 Å². The number of halogens is 1. The summed E-state index contributed by atoms with van der Waals surface area (Å²) in [4.78, 5) is 14.0. The van der Waals surface area contributed by atoms with Crippen molar-refractivity contribution in [2.75, 3.05) is 4.90 Å². The molecule has 102 valence electrons. The van der Waals surface area contributed by atoms with Gasteiger partial charge in [0.1, 0.15) is 11.6 Å². The molecule has 0 saturated heterocycles. The second kappa shape index (κ2) is 4.96. The van der Waals surface area contributed by atoms with E-state index < -0.39 is 6.10 Å². The van der Waals surface area contributed by atoms with Crippen LogP contribution >= 0.6 is 0 Å². The van der Waals surface area contributed by atoms with Gasteiger partial charge in [0.2, 0.25) is 0 Å². The number of hydrogen-bond acceptors (Lipinski definition) is 2. The highest BCUT2D eigenvalue weighted by Crippen LogP contribution is 2.34. The summed E-state index contributed by atoms with van der Waals surface area (Å²) in [5.74, 6) is 0.325. The zero-order valence-corrected chi connectivity index (χ0v) is 11.0. The van der Waals surface area contributed by atoms with E-state index in [-0.39, 0.29) is 11.7 Å². The zero-order valence-electron chi connectivity index (χ0n) is 11.0. The van der Waals surface area contributed by atoms with Crippen LogP contribution in [0.1, 0.15) is 12.5 Å². The number of para-hydroxylation sites is 2. The first-order valence-corrected chi connectivity index (χ1v) is 6.46. The minimum absolute atomic E-state index is 0.0898. The van der Waals surface area contributed by atoms with Crippen molar-refractivity contribution in [3.8, 4) is 5.75 Å². The number of rotatable bonds is 2. The molecular weight excluding hydrogens is 257 g/mol. The highest BCUT2D eigenvalue weighted by Gasteiger charge is 2.31. The summed E-state index contributed by atoms with van der Waals surface area (Å²) in [5.41, 5.74) is 1.63. The Morgan fingerprint density at radius 2 is 1.85 bits per heavy atom. The molecule has 0 N–H and O–H groups in total. The summed E-state index contributed by atoms with van der Waals surface area (Å²) in [5, 5.41) is 0. The maximum absolute atomic E-state index is 12.9. The van der Waals surface area contributed by atoms with E-state index >= 15 is 0 Å². The van der Waals surface area contributed by atoms with Gasteiger partial charge in [-0.25, -0.2) is 4.39 Å². The molecule has 0 aromatic heterocycles. The molecule has 0 spiro atoms. The van der Waals surface area contributed by atoms with E-state index in [0.717, 1.165) is 11.3 Å². The standard InChI is InChI=1S/C16H14FNO2/c1-11-16(19)18(10-12-6-8-13(17)9-7-12)14-4-2-3-5-15(14)20-11/h2-9,11H,10H2,1H3/t11-/m1/s1. The van der Waals surface area contributed by atoms with Gasteiger partial charge in [-0.15, -0.1) is 0 Å². The first-order chi connectivity index (χ1) is 9.65. The first-order valence-electron chi connectivity index (χ1n) is 6.46. The van der Waals surface area contributed by atoms with Crippen molar-refractivity contribution >= 4 is 11.6 Å². The number of carbonyl (C=O) groups is 1. The number of ether oxygens (including phenoxy) is 1. The topological polar surface area (TPSA) is 29.5 Å². The quantitative estimate of drug-likeness (QED) is 0.839. The Morgan fingerprint density at radius 3 is 2.60 bits per heavy atom. The summed E-state index contributed by atoms with van der Waals surface area (Å²) < 4.78 is 18.5. The molecular formula is C16H14FNO2. The fraction of sp³-hybridized carbons (Fsp3) is 0.188. The van der Waals surface area contributed by atoms with Crippen LogP contribution in [0.25, 0.3) is 0 Å². The second-order valence-corrected chi connectivity index (χ2v) is 4.78. The number of fused-ring (bicyclic) bond motifs is 1. The van der Waals surface area contributed by atoms with Crippen LogP contribution < -0.4 is 9.64 Å². The molecule has 0 radical (unpaired) electrons. The smallest absolute Gasteiger partial charge is 0.268 e. The van der Waals surface area contributed by atoms with E-state index in [4.69, 9.17) is 4.74 Å². The molecule has 2 aromatic carbocycles. The molecule has 1 heterocycles. The van der Waals surface area contributed by atoms with Gasteiger partial charge in [-0.05, 0) is 36.8 Å². The van der Waals surface area contributed by atoms with Crippen LogP contribution in [-0.4, -0.2) is 12.0 Å². The van der Waals surface area contributed by atoms with Crippen molar-refractivity contribution in [3.63, 3.8) is 0 Å². The molecule has 2 aromatic rings. The Kier molecular flexibility index (Phi) is 3.14. The average Bonchev–Trinajstić information content (AvgIpc) is 2.46. The van der Waals surface area contributed by atoms with Gasteiger partial charge in [-0.2, -0.15) is 0 Å². The molecule has 1 atom stereocenters. The van der Waals surface area contributed by atoms with Crippen LogP contribution in [0.5, 0.6) is 5.75 Å². The number of amides is 1. The summed E-state index contributed by atoms with van der Waals surface area (Å²) in [6.45, 7) is 2.14. The lowest BCUT2D eigenvalue weighted by Crippen LogP contribution is -2.43. The molecule has 1 aliphatic heterocycles. The number of carbonyl (C=O) groups excluding carboxylic acids is 1. The van der Waals surface area contributed by atoms with Crippen molar-refractivity contribution in [2.24, 2.45) is 0 Å². The lowest BCUT2D eigenvalue weighted by molar-refractivity contribution is -0.125. The molecule has 20 heavy (non-hydrogen) atoms. The molecule has 0 aliphatic carbocycles. The normalized spacial score (nSPS) is 17.6. The Morgan fingerprint density at radius 1 is 1.15 bits per heavy atom. The third kappa shape index (κ3) is 2.25. The van der Waals surface area contributed by atoms with E-state index in [1.807, 2.05) is 24.3 Å². The van der Waals surface area contributed by atoms with Crippen LogP contribution in [-0.2, 0) is 11.3 Å². The summed E-state index contributed by atoms with van der Waals surface area (Å²) in [6, 6.07) is 13.6. The molecule has 1 aliphatic rings. The van der Waals surface area contributed by atoms with Gasteiger partial charge in [0.05, 0.1) is 12.2 Å². The fourth-order valence-corrected chi connectivity index (χ4v) is 2.29. The summed E-state index contributed by atoms with van der Waals surface area (Å²) in [7, 11) is 0. The first kappa shape index (κ1) is 12.7. The highest BCUT2D eigenvalue weighted by atomic mass is 19.1. The number of hydrogen-bond donors (Lipinski definition) is 0. The third-order valence-electron chi connectivity index (χ3n) is 3.33. The molecule has 4 heteroatoms. The van der Waals surface area contributed by atoms with Crippen LogP contribution in [0.2, 0.25) is 0 Å². The molecule has 3 nitrogen and oxygen atoms in total. The Bertz CT molecular complexity index is 639. The van der Waals surface area contributed by atoms with E-state index in [1.54, 1.807) is 24.0 Å². The van der Waals surface area contributed by atoms with Crippen LogP contribution in [0.4, 0.5) is 10.1 Å². The lowest BCUT2D eigenvalue weighted by atomic mass is 10.1. The molecule has 0 fully saturated rings.